The smallest absolute Gasteiger partial charge is 0.0136 e. The van der Waals surface area contributed by atoms with Gasteiger partial charge in [0.1, 0.15) is 0 Å². The van der Waals surface area contributed by atoms with Crippen LogP contribution in [0.5, 0.6) is 0 Å². The van der Waals surface area contributed by atoms with E-state index in [-0.39, 0.29) is 0 Å². The van der Waals surface area contributed by atoms with Gasteiger partial charge in [0, 0.05) is 12.1 Å². The third kappa shape index (κ3) is 2.28. The number of rotatable bonds is 4. The molecule has 0 saturated heterocycles. The van der Waals surface area contributed by atoms with E-state index >= 15 is 0 Å². The highest BCUT2D eigenvalue weighted by molar-refractivity contribution is 4.91. The molecule has 0 aromatic rings. The molecule has 0 aliphatic heterocycles. The van der Waals surface area contributed by atoms with Crippen molar-refractivity contribution >= 4 is 0 Å². The summed E-state index contributed by atoms with van der Waals surface area (Å²) >= 11 is 0. The third-order valence-electron chi connectivity index (χ3n) is 5.11. The summed E-state index contributed by atoms with van der Waals surface area (Å²) in [5.41, 5.74) is 5.90. The van der Waals surface area contributed by atoms with Crippen LogP contribution in [0.2, 0.25) is 0 Å². The highest BCUT2D eigenvalue weighted by Crippen LogP contribution is 2.37. The Morgan fingerprint density at radius 2 is 1.56 bits per heavy atom. The summed E-state index contributed by atoms with van der Waals surface area (Å²) in [6.45, 7) is 3.24. The lowest BCUT2D eigenvalue weighted by molar-refractivity contribution is 0.114. The second kappa shape index (κ2) is 5.50. The fourth-order valence-electron chi connectivity index (χ4n) is 4.10. The molecule has 0 aromatic carbocycles. The van der Waals surface area contributed by atoms with Crippen LogP contribution >= 0.6 is 0 Å². The Morgan fingerprint density at radius 1 is 1.00 bits per heavy atom. The fourth-order valence-corrected chi connectivity index (χ4v) is 4.10. The van der Waals surface area contributed by atoms with E-state index in [0.717, 1.165) is 30.5 Å². The highest BCUT2D eigenvalue weighted by Gasteiger charge is 2.36. The molecule has 0 heterocycles. The molecule has 2 heteroatoms. The highest BCUT2D eigenvalue weighted by atomic mass is 15.2. The van der Waals surface area contributed by atoms with Crippen molar-refractivity contribution in [3.05, 3.63) is 0 Å². The molecule has 2 aliphatic rings. The molecule has 0 aromatic heterocycles. The van der Waals surface area contributed by atoms with Crippen LogP contribution in [0.25, 0.3) is 0 Å². The molecule has 4 unspecified atom stereocenters. The van der Waals surface area contributed by atoms with Gasteiger partial charge in [0.15, 0.2) is 0 Å². The molecule has 2 nitrogen and oxygen atoms in total. The van der Waals surface area contributed by atoms with Crippen LogP contribution in [0, 0.1) is 11.8 Å². The lowest BCUT2D eigenvalue weighted by atomic mass is 9.95. The lowest BCUT2D eigenvalue weighted by Gasteiger charge is -2.37. The molecule has 2 N–H and O–H groups in total. The normalized spacial score (nSPS) is 39.8. The van der Waals surface area contributed by atoms with Crippen molar-refractivity contribution in [2.45, 2.75) is 64.0 Å². The van der Waals surface area contributed by atoms with E-state index in [2.05, 4.69) is 18.9 Å². The van der Waals surface area contributed by atoms with E-state index in [0.29, 0.717) is 0 Å². The quantitative estimate of drug-likeness (QED) is 0.795. The zero-order valence-corrected chi connectivity index (χ0v) is 11.0. The summed E-state index contributed by atoms with van der Waals surface area (Å²) < 4.78 is 0. The topological polar surface area (TPSA) is 29.3 Å². The Bertz CT molecular complexity index is 195. The van der Waals surface area contributed by atoms with Gasteiger partial charge in [-0.05, 0) is 51.1 Å². The fraction of sp³-hybridized carbons (Fsp3) is 1.00. The second-order valence-electron chi connectivity index (χ2n) is 5.83. The van der Waals surface area contributed by atoms with Crippen molar-refractivity contribution in [3.63, 3.8) is 0 Å². The maximum atomic E-state index is 5.90. The maximum Gasteiger partial charge on any atom is 0.0136 e. The largest absolute Gasteiger partial charge is 0.330 e. The first-order valence-corrected chi connectivity index (χ1v) is 7.20. The van der Waals surface area contributed by atoms with Crippen LogP contribution < -0.4 is 5.73 Å². The predicted octanol–water partition coefficient (Wildman–Crippen LogP) is 2.62. The predicted molar refractivity (Wildman–Crippen MR) is 69.4 cm³/mol. The monoisotopic (exact) mass is 224 g/mol. The molecule has 4 atom stereocenters. The number of nitrogens with zero attached hydrogens (tertiary/aromatic N) is 1. The van der Waals surface area contributed by atoms with Gasteiger partial charge in [-0.15, -0.1) is 0 Å². The van der Waals surface area contributed by atoms with Crippen LogP contribution in [0.15, 0.2) is 0 Å². The zero-order valence-electron chi connectivity index (χ0n) is 11.0. The van der Waals surface area contributed by atoms with Crippen LogP contribution in [0.3, 0.4) is 0 Å². The molecule has 94 valence electrons. The van der Waals surface area contributed by atoms with Crippen molar-refractivity contribution < 1.29 is 0 Å². The summed E-state index contributed by atoms with van der Waals surface area (Å²) in [5, 5.41) is 0. The van der Waals surface area contributed by atoms with E-state index in [1.54, 1.807) is 0 Å². The Hall–Kier alpha value is -0.0800. The van der Waals surface area contributed by atoms with Crippen molar-refractivity contribution in [2.75, 3.05) is 13.6 Å². The van der Waals surface area contributed by atoms with E-state index in [1.807, 2.05) is 0 Å². The lowest BCUT2D eigenvalue weighted by Crippen LogP contribution is -2.45. The molecule has 16 heavy (non-hydrogen) atoms. The molecule has 2 saturated carbocycles. The summed E-state index contributed by atoms with van der Waals surface area (Å²) in [6.07, 6.45) is 9.79. The van der Waals surface area contributed by atoms with E-state index < -0.39 is 0 Å². The Labute approximate surface area is 101 Å². The van der Waals surface area contributed by atoms with Gasteiger partial charge < -0.3 is 5.73 Å². The number of nitrogens with two attached hydrogens (primary N) is 1. The Balaban J connectivity index is 1.97. The molecule has 0 radical (unpaired) electrons. The molecule has 2 rings (SSSR count). The first-order chi connectivity index (χ1) is 7.77. The molecule has 2 aliphatic carbocycles. The van der Waals surface area contributed by atoms with Crippen LogP contribution in [-0.2, 0) is 0 Å². The molecular formula is C14H28N2. The first-order valence-electron chi connectivity index (χ1n) is 7.20. The third-order valence-corrected chi connectivity index (χ3v) is 5.11. The van der Waals surface area contributed by atoms with Crippen molar-refractivity contribution in [1.82, 2.24) is 4.90 Å². The SMILES string of the molecule is CCC1CCCC1N(C)C1CCCC1CN. The van der Waals surface area contributed by atoms with Crippen LogP contribution in [0.4, 0.5) is 0 Å². The zero-order chi connectivity index (χ0) is 11.5. The van der Waals surface area contributed by atoms with Gasteiger partial charge in [0.25, 0.3) is 0 Å². The van der Waals surface area contributed by atoms with E-state index in [1.165, 1.54) is 44.9 Å². The summed E-state index contributed by atoms with van der Waals surface area (Å²) in [5.74, 6) is 1.71. The molecule has 2 fully saturated rings. The van der Waals surface area contributed by atoms with Crippen molar-refractivity contribution in [1.29, 1.82) is 0 Å². The summed E-state index contributed by atoms with van der Waals surface area (Å²) in [7, 11) is 2.36. The molecular weight excluding hydrogens is 196 g/mol. The first kappa shape index (κ1) is 12.4. The average Bonchev–Trinajstić information content (AvgIpc) is 2.96. The van der Waals surface area contributed by atoms with Crippen molar-refractivity contribution in [3.8, 4) is 0 Å². The second-order valence-corrected chi connectivity index (χ2v) is 5.83. The van der Waals surface area contributed by atoms with Gasteiger partial charge in [-0.2, -0.15) is 0 Å². The van der Waals surface area contributed by atoms with Crippen LogP contribution in [0.1, 0.15) is 51.9 Å². The van der Waals surface area contributed by atoms with Gasteiger partial charge >= 0.3 is 0 Å². The van der Waals surface area contributed by atoms with E-state index in [9.17, 15) is 0 Å². The number of hydrogen-bond acceptors (Lipinski definition) is 2. The molecule has 0 spiro atoms. The van der Waals surface area contributed by atoms with Crippen LogP contribution in [-0.4, -0.2) is 30.6 Å². The standard InChI is InChI=1S/C14H28N2/c1-3-11-6-4-8-13(11)16(2)14-9-5-7-12(14)10-15/h11-14H,3-10,15H2,1-2H3. The molecule has 0 amide bonds. The Kier molecular flexibility index (Phi) is 4.26. The maximum absolute atomic E-state index is 5.90. The minimum atomic E-state index is 0.767. The van der Waals surface area contributed by atoms with Gasteiger partial charge in [-0.3, -0.25) is 4.90 Å². The van der Waals surface area contributed by atoms with Gasteiger partial charge in [-0.1, -0.05) is 26.2 Å². The minimum Gasteiger partial charge on any atom is -0.330 e. The van der Waals surface area contributed by atoms with Crippen molar-refractivity contribution in [2.24, 2.45) is 17.6 Å². The van der Waals surface area contributed by atoms with Gasteiger partial charge in [-0.25, -0.2) is 0 Å². The average molecular weight is 224 g/mol. The Morgan fingerprint density at radius 3 is 2.12 bits per heavy atom. The molecule has 0 bridgehead atoms. The van der Waals surface area contributed by atoms with Gasteiger partial charge in [0.05, 0.1) is 0 Å². The van der Waals surface area contributed by atoms with Gasteiger partial charge in [0.2, 0.25) is 0 Å². The number of hydrogen-bond donors (Lipinski definition) is 1. The summed E-state index contributed by atoms with van der Waals surface area (Å²) in [6, 6.07) is 1.63. The summed E-state index contributed by atoms with van der Waals surface area (Å²) in [4.78, 5) is 2.70. The van der Waals surface area contributed by atoms with E-state index in [4.69, 9.17) is 5.73 Å². The minimum absolute atomic E-state index is 0.767.